The average Bonchev–Trinajstić information content (AvgIpc) is 2.93. The number of carbonyl (C=O) groups is 1. The molecule has 2 saturated heterocycles. The van der Waals surface area contributed by atoms with Crippen LogP contribution in [-0.4, -0.2) is 41.1 Å². The van der Waals surface area contributed by atoms with Gasteiger partial charge in [0.25, 0.3) is 0 Å². The summed E-state index contributed by atoms with van der Waals surface area (Å²) in [4.78, 5) is 12.3. The second kappa shape index (κ2) is 7.79. The standard InChI is InChI=1S/C19H31NO4/c1-5-7-14(2)17(21)15(3)8-6-10-18(4)16-9-11-19(24-16,12-20-22)13-23-18/h5,7,12,14-16,22H,6,8-11,13H2,1-4H3/b7-5+,20-12-/t14?,15?,16-,18+,19-/m1/s1. The lowest BCUT2D eigenvalue weighted by molar-refractivity contribution is -0.218. The van der Waals surface area contributed by atoms with Gasteiger partial charge in [0.05, 0.1) is 24.5 Å². The summed E-state index contributed by atoms with van der Waals surface area (Å²) < 4.78 is 12.2. The van der Waals surface area contributed by atoms with Gasteiger partial charge >= 0.3 is 0 Å². The van der Waals surface area contributed by atoms with Crippen molar-refractivity contribution in [3.05, 3.63) is 12.2 Å². The third-order valence-electron chi connectivity index (χ3n) is 5.55. The molecule has 0 aromatic heterocycles. The van der Waals surface area contributed by atoms with Gasteiger partial charge in [0.2, 0.25) is 0 Å². The molecule has 2 fully saturated rings. The lowest BCUT2D eigenvalue weighted by Crippen LogP contribution is -2.53. The molecule has 2 unspecified atom stereocenters. The molecule has 5 heteroatoms. The number of ether oxygens (including phenoxy) is 2. The number of Topliss-reactive ketones (excluding diaryl/α,β-unsaturated/α-hetero) is 1. The number of fused-ring (bicyclic) bond motifs is 2. The molecule has 0 aliphatic carbocycles. The number of hydrogen-bond acceptors (Lipinski definition) is 5. The Balaban J connectivity index is 1.83. The molecule has 2 bridgehead atoms. The fourth-order valence-corrected chi connectivity index (χ4v) is 3.90. The Morgan fingerprint density at radius 1 is 1.46 bits per heavy atom. The number of nitrogens with zero attached hydrogens (tertiary/aromatic N) is 1. The lowest BCUT2D eigenvalue weighted by atomic mass is 9.86. The maximum Gasteiger partial charge on any atom is 0.142 e. The Morgan fingerprint density at radius 3 is 2.88 bits per heavy atom. The van der Waals surface area contributed by atoms with Crippen molar-refractivity contribution in [3.8, 4) is 0 Å². The Bertz CT molecular complexity index is 504. The Labute approximate surface area is 145 Å². The van der Waals surface area contributed by atoms with Gasteiger partial charge in [-0.05, 0) is 46.0 Å². The summed E-state index contributed by atoms with van der Waals surface area (Å²) in [6, 6.07) is 0. The summed E-state index contributed by atoms with van der Waals surface area (Å²) in [6.45, 7) is 8.44. The number of oxime groups is 1. The van der Waals surface area contributed by atoms with Crippen LogP contribution >= 0.6 is 0 Å². The van der Waals surface area contributed by atoms with E-state index in [-0.39, 0.29) is 23.5 Å². The summed E-state index contributed by atoms with van der Waals surface area (Å²) in [5.74, 6) is 0.356. The Kier molecular flexibility index (Phi) is 6.21. The first-order valence-electron chi connectivity index (χ1n) is 9.03. The lowest BCUT2D eigenvalue weighted by Gasteiger charge is -2.43. The number of rotatable bonds is 8. The van der Waals surface area contributed by atoms with E-state index in [1.165, 1.54) is 6.21 Å². The van der Waals surface area contributed by atoms with Gasteiger partial charge in [0.1, 0.15) is 11.4 Å². The second-order valence-electron chi connectivity index (χ2n) is 7.57. The molecule has 24 heavy (non-hydrogen) atoms. The molecule has 0 saturated carbocycles. The second-order valence-corrected chi connectivity index (χ2v) is 7.57. The summed E-state index contributed by atoms with van der Waals surface area (Å²) in [7, 11) is 0. The van der Waals surface area contributed by atoms with Crippen molar-refractivity contribution in [2.75, 3.05) is 6.61 Å². The van der Waals surface area contributed by atoms with Crippen LogP contribution in [0.1, 0.15) is 59.8 Å². The van der Waals surface area contributed by atoms with E-state index in [1.807, 2.05) is 32.9 Å². The molecule has 2 aliphatic rings. The molecule has 5 nitrogen and oxygen atoms in total. The van der Waals surface area contributed by atoms with Crippen LogP contribution in [-0.2, 0) is 14.3 Å². The first kappa shape index (κ1) is 19.1. The first-order chi connectivity index (χ1) is 11.4. The Morgan fingerprint density at radius 2 is 2.21 bits per heavy atom. The highest BCUT2D eigenvalue weighted by Gasteiger charge is 2.53. The van der Waals surface area contributed by atoms with Crippen LogP contribution in [0.4, 0.5) is 0 Å². The van der Waals surface area contributed by atoms with Crippen molar-refractivity contribution in [2.45, 2.75) is 77.1 Å². The molecular formula is C19H31NO4. The van der Waals surface area contributed by atoms with Crippen LogP contribution in [0.3, 0.4) is 0 Å². The van der Waals surface area contributed by atoms with E-state index in [0.29, 0.717) is 12.4 Å². The van der Waals surface area contributed by atoms with Crippen LogP contribution < -0.4 is 0 Å². The SMILES string of the molecule is C/C=C/C(C)C(=O)C(C)CCC[C@]1(C)OC[C@]2(/C=N\O)CC[C@H]1O2. The van der Waals surface area contributed by atoms with Gasteiger partial charge in [0.15, 0.2) is 0 Å². The van der Waals surface area contributed by atoms with Gasteiger partial charge in [-0.3, -0.25) is 4.79 Å². The minimum absolute atomic E-state index is 0.0110. The topological polar surface area (TPSA) is 68.1 Å². The van der Waals surface area contributed by atoms with E-state index < -0.39 is 5.60 Å². The van der Waals surface area contributed by atoms with Crippen LogP contribution in [0.15, 0.2) is 17.3 Å². The van der Waals surface area contributed by atoms with E-state index in [4.69, 9.17) is 14.7 Å². The third-order valence-corrected chi connectivity index (χ3v) is 5.55. The number of carbonyl (C=O) groups excluding carboxylic acids is 1. The molecular weight excluding hydrogens is 306 g/mol. The third kappa shape index (κ3) is 4.06. The molecule has 1 N–H and O–H groups in total. The van der Waals surface area contributed by atoms with Crippen LogP contribution in [0, 0.1) is 11.8 Å². The van der Waals surface area contributed by atoms with Crippen molar-refractivity contribution in [1.82, 2.24) is 0 Å². The van der Waals surface area contributed by atoms with Crippen molar-refractivity contribution in [2.24, 2.45) is 17.0 Å². The predicted molar refractivity (Wildman–Crippen MR) is 93.5 cm³/mol. The maximum absolute atomic E-state index is 12.3. The number of allylic oxidation sites excluding steroid dienone is 2. The monoisotopic (exact) mass is 337 g/mol. The highest BCUT2D eigenvalue weighted by molar-refractivity contribution is 5.84. The highest BCUT2D eigenvalue weighted by atomic mass is 16.6. The molecule has 136 valence electrons. The molecule has 0 amide bonds. The molecule has 0 spiro atoms. The van der Waals surface area contributed by atoms with E-state index in [9.17, 15) is 4.79 Å². The quantitative estimate of drug-likeness (QED) is 0.317. The van der Waals surface area contributed by atoms with Crippen molar-refractivity contribution < 1.29 is 19.5 Å². The number of ketones is 1. The van der Waals surface area contributed by atoms with Gasteiger partial charge in [-0.25, -0.2) is 0 Å². The Hall–Kier alpha value is -1.20. The summed E-state index contributed by atoms with van der Waals surface area (Å²) in [6.07, 6.45) is 9.79. The van der Waals surface area contributed by atoms with E-state index in [1.54, 1.807) is 0 Å². The number of hydrogen-bond donors (Lipinski definition) is 1. The molecule has 2 heterocycles. The zero-order valence-corrected chi connectivity index (χ0v) is 15.3. The van der Waals surface area contributed by atoms with Crippen molar-refractivity contribution in [3.63, 3.8) is 0 Å². The molecule has 0 aromatic rings. The molecule has 5 atom stereocenters. The highest BCUT2D eigenvalue weighted by Crippen LogP contribution is 2.44. The molecule has 2 aliphatic heterocycles. The molecule has 2 rings (SSSR count). The molecule has 0 radical (unpaired) electrons. The normalized spacial score (nSPS) is 35.6. The van der Waals surface area contributed by atoms with Gasteiger partial charge in [-0.1, -0.05) is 31.2 Å². The maximum atomic E-state index is 12.3. The fraction of sp³-hybridized carbons (Fsp3) is 0.789. The predicted octanol–water partition coefficient (Wildman–Crippen LogP) is 3.74. The van der Waals surface area contributed by atoms with Gasteiger partial charge < -0.3 is 14.7 Å². The van der Waals surface area contributed by atoms with Crippen molar-refractivity contribution in [1.29, 1.82) is 0 Å². The van der Waals surface area contributed by atoms with Gasteiger partial charge in [-0.15, -0.1) is 0 Å². The molecule has 0 aromatic carbocycles. The summed E-state index contributed by atoms with van der Waals surface area (Å²) in [5, 5.41) is 11.9. The average molecular weight is 337 g/mol. The van der Waals surface area contributed by atoms with Crippen molar-refractivity contribution >= 4 is 12.0 Å². The first-order valence-corrected chi connectivity index (χ1v) is 9.03. The minimum atomic E-state index is -0.551. The van der Waals surface area contributed by atoms with Crippen LogP contribution in [0.2, 0.25) is 0 Å². The van der Waals surface area contributed by atoms with Crippen LogP contribution in [0.25, 0.3) is 0 Å². The van der Waals surface area contributed by atoms with E-state index >= 15 is 0 Å². The van der Waals surface area contributed by atoms with Gasteiger partial charge in [0, 0.05) is 11.8 Å². The fourth-order valence-electron chi connectivity index (χ4n) is 3.90. The summed E-state index contributed by atoms with van der Waals surface area (Å²) in [5.41, 5.74) is -0.870. The smallest absolute Gasteiger partial charge is 0.142 e. The largest absolute Gasteiger partial charge is 0.411 e. The van der Waals surface area contributed by atoms with E-state index in [0.717, 1.165) is 32.1 Å². The zero-order chi connectivity index (χ0) is 17.8. The summed E-state index contributed by atoms with van der Waals surface area (Å²) >= 11 is 0. The van der Waals surface area contributed by atoms with Crippen LogP contribution in [0.5, 0.6) is 0 Å². The zero-order valence-electron chi connectivity index (χ0n) is 15.3. The van der Waals surface area contributed by atoms with E-state index in [2.05, 4.69) is 12.1 Å². The minimum Gasteiger partial charge on any atom is -0.411 e. The van der Waals surface area contributed by atoms with Gasteiger partial charge in [-0.2, -0.15) is 0 Å².